The number of nitro benzene ring substituents is 1. The van der Waals surface area contributed by atoms with Crippen LogP contribution in [0.25, 0.3) is 0 Å². The lowest BCUT2D eigenvalue weighted by molar-refractivity contribution is -0.386. The Kier molecular flexibility index (Phi) is 6.93. The molecule has 1 amide bonds. The van der Waals surface area contributed by atoms with Gasteiger partial charge in [-0.1, -0.05) is 0 Å². The van der Waals surface area contributed by atoms with Gasteiger partial charge in [0, 0.05) is 17.7 Å². The van der Waals surface area contributed by atoms with Crippen LogP contribution in [-0.2, 0) is 6.61 Å². The van der Waals surface area contributed by atoms with Gasteiger partial charge >= 0.3 is 5.69 Å². The number of rotatable bonds is 8. The zero-order valence-corrected chi connectivity index (χ0v) is 17.4. The Bertz CT molecular complexity index is 1150. The summed E-state index contributed by atoms with van der Waals surface area (Å²) < 4.78 is 24.3. The van der Waals surface area contributed by atoms with Crippen molar-refractivity contribution in [3.8, 4) is 11.5 Å². The van der Waals surface area contributed by atoms with Crippen LogP contribution in [0.2, 0.25) is 0 Å². The highest BCUT2D eigenvalue weighted by Gasteiger charge is 2.17. The van der Waals surface area contributed by atoms with Gasteiger partial charge in [0.15, 0.2) is 5.75 Å². The van der Waals surface area contributed by atoms with Crippen molar-refractivity contribution in [2.45, 2.75) is 13.5 Å². The minimum atomic E-state index is -0.648. The van der Waals surface area contributed by atoms with E-state index < -0.39 is 10.7 Å². The second kappa shape index (κ2) is 9.81. The van der Waals surface area contributed by atoms with E-state index in [2.05, 4.69) is 10.5 Å². The zero-order chi connectivity index (χ0) is 22.4. The van der Waals surface area contributed by atoms with Gasteiger partial charge in [-0.2, -0.15) is 5.10 Å². The van der Waals surface area contributed by atoms with Crippen LogP contribution in [0.15, 0.2) is 52.9 Å². The number of halogens is 1. The predicted octanol–water partition coefficient (Wildman–Crippen LogP) is 4.46. The van der Waals surface area contributed by atoms with Crippen LogP contribution in [0.1, 0.15) is 26.4 Å². The van der Waals surface area contributed by atoms with E-state index in [1.54, 1.807) is 18.2 Å². The summed E-state index contributed by atoms with van der Waals surface area (Å²) in [5, 5.41) is 16.9. The maximum atomic E-state index is 13.5. The largest absolute Gasteiger partial charge is 0.496 e. The van der Waals surface area contributed by atoms with E-state index in [9.17, 15) is 19.3 Å². The Labute approximate surface area is 181 Å². The summed E-state index contributed by atoms with van der Waals surface area (Å²) in [7, 11) is 1.47. The Balaban J connectivity index is 1.74. The molecule has 10 heteroatoms. The molecule has 2 aromatic carbocycles. The SMILES string of the molecule is COc1ccc(C=NNC(=O)c2sccc2C)cc1COc1cc(F)ccc1[N+](=O)[O-]. The van der Waals surface area contributed by atoms with Crippen LogP contribution in [0, 0.1) is 22.9 Å². The number of benzene rings is 2. The molecule has 0 atom stereocenters. The molecule has 0 aliphatic rings. The van der Waals surface area contributed by atoms with Gasteiger partial charge in [0.1, 0.15) is 18.2 Å². The van der Waals surface area contributed by atoms with E-state index in [1.807, 2.05) is 18.4 Å². The van der Waals surface area contributed by atoms with E-state index in [4.69, 9.17) is 9.47 Å². The third-order valence-corrected chi connectivity index (χ3v) is 5.27. The first-order valence-corrected chi connectivity index (χ1v) is 9.88. The van der Waals surface area contributed by atoms with Gasteiger partial charge in [0.25, 0.3) is 5.91 Å². The maximum Gasteiger partial charge on any atom is 0.311 e. The van der Waals surface area contributed by atoms with Crippen molar-refractivity contribution in [3.05, 3.63) is 85.3 Å². The highest BCUT2D eigenvalue weighted by molar-refractivity contribution is 7.12. The van der Waals surface area contributed by atoms with Gasteiger partial charge < -0.3 is 9.47 Å². The lowest BCUT2D eigenvalue weighted by atomic mass is 10.1. The monoisotopic (exact) mass is 443 g/mol. The average Bonchev–Trinajstić information content (AvgIpc) is 3.18. The van der Waals surface area contributed by atoms with Crippen molar-refractivity contribution < 1.29 is 23.6 Å². The number of nitrogens with zero attached hydrogens (tertiary/aromatic N) is 2. The molecule has 1 N–H and O–H groups in total. The number of methoxy groups -OCH3 is 1. The van der Waals surface area contributed by atoms with Crippen molar-refractivity contribution in [2.75, 3.05) is 7.11 Å². The van der Waals surface area contributed by atoms with Gasteiger partial charge in [-0.25, -0.2) is 9.82 Å². The summed E-state index contributed by atoms with van der Waals surface area (Å²) in [6.45, 7) is 1.74. The third kappa shape index (κ3) is 5.43. The molecule has 0 radical (unpaired) electrons. The van der Waals surface area contributed by atoms with Crippen molar-refractivity contribution in [1.29, 1.82) is 0 Å². The second-order valence-electron chi connectivity index (χ2n) is 6.36. The first kappa shape index (κ1) is 21.9. The number of ether oxygens (including phenoxy) is 2. The number of aryl methyl sites for hydroxylation is 1. The summed E-state index contributed by atoms with van der Waals surface area (Å²) in [5.74, 6) is -0.663. The fraction of sp³-hybridized carbons (Fsp3) is 0.143. The molecule has 0 bridgehead atoms. The molecular formula is C21H18FN3O5S. The molecule has 0 saturated carbocycles. The first-order valence-electron chi connectivity index (χ1n) is 9.00. The van der Waals surface area contributed by atoms with Gasteiger partial charge in [-0.15, -0.1) is 11.3 Å². The first-order chi connectivity index (χ1) is 14.9. The Morgan fingerprint density at radius 1 is 1.26 bits per heavy atom. The van der Waals surface area contributed by atoms with E-state index in [0.717, 1.165) is 23.8 Å². The summed E-state index contributed by atoms with van der Waals surface area (Å²) in [6.07, 6.45) is 1.45. The fourth-order valence-corrected chi connectivity index (χ4v) is 3.54. The number of hydrazone groups is 1. The van der Waals surface area contributed by atoms with Gasteiger partial charge in [0.05, 0.1) is 23.1 Å². The number of nitro groups is 1. The molecule has 31 heavy (non-hydrogen) atoms. The number of amides is 1. The molecule has 0 spiro atoms. The number of carbonyl (C=O) groups excluding carboxylic acids is 1. The molecule has 0 fully saturated rings. The highest BCUT2D eigenvalue weighted by Crippen LogP contribution is 2.29. The van der Waals surface area contributed by atoms with Crippen molar-refractivity contribution in [3.63, 3.8) is 0 Å². The van der Waals surface area contributed by atoms with E-state index in [0.29, 0.717) is 21.8 Å². The summed E-state index contributed by atoms with van der Waals surface area (Å²) >= 11 is 1.33. The topological polar surface area (TPSA) is 103 Å². The van der Waals surface area contributed by atoms with E-state index in [1.165, 1.54) is 24.7 Å². The predicted molar refractivity (Wildman–Crippen MR) is 114 cm³/mol. The summed E-state index contributed by atoms with van der Waals surface area (Å²) in [6, 6.07) is 9.93. The minimum Gasteiger partial charge on any atom is -0.496 e. The van der Waals surface area contributed by atoms with Crippen LogP contribution >= 0.6 is 11.3 Å². The molecule has 0 aliphatic carbocycles. The molecule has 0 saturated heterocycles. The molecule has 1 aromatic heterocycles. The fourth-order valence-electron chi connectivity index (χ4n) is 2.72. The van der Waals surface area contributed by atoms with Crippen molar-refractivity contribution >= 4 is 29.1 Å². The smallest absolute Gasteiger partial charge is 0.311 e. The molecule has 3 aromatic rings. The van der Waals surface area contributed by atoms with Gasteiger partial charge in [-0.3, -0.25) is 14.9 Å². The third-order valence-electron chi connectivity index (χ3n) is 4.25. The second-order valence-corrected chi connectivity index (χ2v) is 7.28. The minimum absolute atomic E-state index is 0.101. The molecular weight excluding hydrogens is 425 g/mol. The molecule has 160 valence electrons. The zero-order valence-electron chi connectivity index (χ0n) is 16.6. The van der Waals surface area contributed by atoms with E-state index >= 15 is 0 Å². The number of carbonyl (C=O) groups is 1. The number of nitrogens with one attached hydrogen (secondary N) is 1. The van der Waals surface area contributed by atoms with Crippen LogP contribution in [-0.4, -0.2) is 24.2 Å². The van der Waals surface area contributed by atoms with Crippen LogP contribution in [0.5, 0.6) is 11.5 Å². The number of hydrogen-bond donors (Lipinski definition) is 1. The summed E-state index contributed by atoms with van der Waals surface area (Å²) in [5.41, 5.74) is 4.19. The number of thiophene rings is 1. The normalized spacial score (nSPS) is 10.8. The Morgan fingerprint density at radius 3 is 2.74 bits per heavy atom. The lowest BCUT2D eigenvalue weighted by Crippen LogP contribution is -2.17. The Hall–Kier alpha value is -3.79. The number of hydrogen-bond acceptors (Lipinski definition) is 7. The van der Waals surface area contributed by atoms with Crippen LogP contribution < -0.4 is 14.9 Å². The average molecular weight is 443 g/mol. The van der Waals surface area contributed by atoms with E-state index in [-0.39, 0.29) is 24.0 Å². The maximum absolute atomic E-state index is 13.5. The quantitative estimate of drug-likeness (QED) is 0.315. The lowest BCUT2D eigenvalue weighted by Gasteiger charge is -2.11. The van der Waals surface area contributed by atoms with Crippen LogP contribution in [0.4, 0.5) is 10.1 Å². The molecule has 0 aliphatic heterocycles. The highest BCUT2D eigenvalue weighted by atomic mass is 32.1. The molecule has 1 heterocycles. The van der Waals surface area contributed by atoms with Gasteiger partial charge in [-0.05, 0) is 53.8 Å². The van der Waals surface area contributed by atoms with Gasteiger partial charge in [0.2, 0.25) is 0 Å². The Morgan fingerprint density at radius 2 is 2.06 bits per heavy atom. The molecule has 0 unspecified atom stereocenters. The van der Waals surface area contributed by atoms with Crippen molar-refractivity contribution in [1.82, 2.24) is 5.43 Å². The van der Waals surface area contributed by atoms with Crippen LogP contribution in [0.3, 0.4) is 0 Å². The van der Waals surface area contributed by atoms with Crippen molar-refractivity contribution in [2.24, 2.45) is 5.10 Å². The molecule has 3 rings (SSSR count). The summed E-state index contributed by atoms with van der Waals surface area (Å²) in [4.78, 5) is 23.2. The standard InChI is InChI=1S/C21H18FN3O5S/c1-13-7-8-31-20(13)21(26)24-23-11-14-3-6-18(29-2)15(9-14)12-30-19-10-16(22)4-5-17(19)25(27)28/h3-11H,12H2,1-2H3,(H,24,26). The molecule has 8 nitrogen and oxygen atoms in total.